The maximum absolute atomic E-state index is 13.6. The van der Waals surface area contributed by atoms with Gasteiger partial charge in [-0.3, -0.25) is 4.79 Å². The summed E-state index contributed by atoms with van der Waals surface area (Å²) in [5.74, 6) is -1.04. The fourth-order valence-electron chi connectivity index (χ4n) is 3.85. The molecule has 0 spiro atoms. The van der Waals surface area contributed by atoms with Gasteiger partial charge in [0.25, 0.3) is 5.91 Å². The molecular weight excluding hydrogens is 438 g/mol. The van der Waals surface area contributed by atoms with Gasteiger partial charge in [-0.05, 0) is 49.4 Å². The third kappa shape index (κ3) is 6.17. The van der Waals surface area contributed by atoms with Gasteiger partial charge in [0, 0.05) is 18.4 Å². The number of aryl methyl sites for hydroxylation is 1. The van der Waals surface area contributed by atoms with Crippen molar-refractivity contribution < 1.29 is 31.1 Å². The highest BCUT2D eigenvalue weighted by Crippen LogP contribution is 2.33. The Bertz CT molecular complexity index is 901. The Morgan fingerprint density at radius 2 is 1.78 bits per heavy atom. The van der Waals surface area contributed by atoms with Gasteiger partial charge in [0.05, 0.1) is 11.1 Å². The number of hydrogen-bond acceptors (Lipinski definition) is 4. The molecule has 0 aromatic heterocycles. The number of carbonyl (C=O) groups is 1. The first kappa shape index (κ1) is 23.9. The highest BCUT2D eigenvalue weighted by Gasteiger charge is 2.46. The molecule has 1 atom stereocenters. The number of anilines is 1. The van der Waals surface area contributed by atoms with Crippen LogP contribution in [0.5, 0.6) is 0 Å². The molecule has 1 fully saturated rings. The number of benzene rings is 1. The highest BCUT2D eigenvalue weighted by molar-refractivity contribution is 6.00. The van der Waals surface area contributed by atoms with Gasteiger partial charge < -0.3 is 16.0 Å². The maximum atomic E-state index is 13.6. The molecule has 3 N–H and O–H groups in total. The summed E-state index contributed by atoms with van der Waals surface area (Å²) in [6, 6.07) is 0.604. The van der Waals surface area contributed by atoms with Crippen LogP contribution in [-0.2, 0) is 11.0 Å². The second-order valence-electron chi connectivity index (χ2n) is 8.09. The first-order chi connectivity index (χ1) is 14.9. The molecule has 0 bridgehead atoms. The minimum absolute atomic E-state index is 0.0805. The summed E-state index contributed by atoms with van der Waals surface area (Å²) in [7, 11) is 0. The third-order valence-electron chi connectivity index (χ3n) is 5.43. The van der Waals surface area contributed by atoms with E-state index < -0.39 is 41.4 Å². The van der Waals surface area contributed by atoms with Gasteiger partial charge in [-0.1, -0.05) is 19.3 Å². The first-order valence-electron chi connectivity index (χ1n) is 10.3. The number of aliphatic imine (C=N–C) groups is 1. The molecule has 3 rings (SSSR count). The van der Waals surface area contributed by atoms with Gasteiger partial charge in [-0.25, -0.2) is 4.99 Å². The lowest BCUT2D eigenvalue weighted by Gasteiger charge is -2.26. The molecule has 1 unspecified atom stereocenters. The number of halogens is 6. The molecule has 1 saturated carbocycles. The largest absolute Gasteiger partial charge is 0.416 e. The van der Waals surface area contributed by atoms with E-state index in [-0.39, 0.29) is 17.2 Å². The fourth-order valence-corrected chi connectivity index (χ4v) is 3.85. The minimum atomic E-state index is -4.85. The van der Waals surface area contributed by atoms with Crippen LogP contribution in [0.25, 0.3) is 0 Å². The second-order valence-corrected chi connectivity index (χ2v) is 8.09. The van der Waals surface area contributed by atoms with Crippen LogP contribution in [0, 0.1) is 12.8 Å². The van der Waals surface area contributed by atoms with Crippen molar-refractivity contribution >= 4 is 17.6 Å². The molecule has 0 saturated heterocycles. The lowest BCUT2D eigenvalue weighted by molar-refractivity contribution is -0.144. The van der Waals surface area contributed by atoms with Gasteiger partial charge in [-0.15, -0.1) is 0 Å². The first-order valence-corrected chi connectivity index (χ1v) is 10.3. The molecule has 1 aliphatic heterocycles. The Morgan fingerprint density at radius 3 is 2.41 bits per heavy atom. The molecule has 0 radical (unpaired) electrons. The summed E-state index contributed by atoms with van der Waals surface area (Å²) in [4.78, 5) is 16.0. The number of guanidine groups is 1. The van der Waals surface area contributed by atoms with Gasteiger partial charge in [-0.2, -0.15) is 26.3 Å². The van der Waals surface area contributed by atoms with Crippen molar-refractivity contribution in [1.29, 1.82) is 0 Å². The molecule has 1 amide bonds. The molecule has 176 valence electrons. The third-order valence-corrected chi connectivity index (χ3v) is 5.43. The molecule has 1 aromatic rings. The molecule has 5 nitrogen and oxygen atoms in total. The molecular formula is C21H24F6N4O. The Balaban J connectivity index is 1.73. The molecule has 2 aliphatic rings. The quantitative estimate of drug-likeness (QED) is 0.558. The molecule has 32 heavy (non-hydrogen) atoms. The lowest BCUT2D eigenvalue weighted by Crippen LogP contribution is -2.45. The molecule has 1 aliphatic carbocycles. The zero-order valence-electron chi connectivity index (χ0n) is 17.3. The SMILES string of the molecule is Cc1cc(NC2=NC(C(F)(F)F)C(C(=O)NCC3CCCCC3)=CN2)cc(C(F)(F)F)c1. The van der Waals surface area contributed by atoms with Gasteiger partial charge >= 0.3 is 12.4 Å². The van der Waals surface area contributed by atoms with E-state index in [1.807, 2.05) is 0 Å². The van der Waals surface area contributed by atoms with E-state index in [4.69, 9.17) is 0 Å². The van der Waals surface area contributed by atoms with Crippen LogP contribution >= 0.6 is 0 Å². The van der Waals surface area contributed by atoms with Crippen LogP contribution in [0.15, 0.2) is 35.0 Å². The normalized spacial score (nSPS) is 20.2. The predicted molar refractivity (Wildman–Crippen MR) is 108 cm³/mol. The van der Waals surface area contributed by atoms with Gasteiger partial charge in [0.2, 0.25) is 5.96 Å². The van der Waals surface area contributed by atoms with Crippen molar-refractivity contribution in [3.05, 3.63) is 41.1 Å². The van der Waals surface area contributed by atoms with Gasteiger partial charge in [0.1, 0.15) is 0 Å². The van der Waals surface area contributed by atoms with Crippen LogP contribution in [0.3, 0.4) is 0 Å². The van der Waals surface area contributed by atoms with Crippen molar-refractivity contribution in [3.63, 3.8) is 0 Å². The Morgan fingerprint density at radius 1 is 1.09 bits per heavy atom. The van der Waals surface area contributed by atoms with E-state index in [9.17, 15) is 31.1 Å². The maximum Gasteiger partial charge on any atom is 0.416 e. The summed E-state index contributed by atoms with van der Waals surface area (Å²) in [6.07, 6.45) is -3.55. The van der Waals surface area contributed by atoms with Crippen LogP contribution in [0.1, 0.15) is 43.2 Å². The van der Waals surface area contributed by atoms with Crippen LogP contribution in [-0.4, -0.2) is 30.6 Å². The standard InChI is InChI=1S/C21H24F6N4O/c1-12-7-14(20(22,23)24)9-15(8-12)30-19-29-11-16(17(31-19)21(25,26)27)18(32)28-10-13-5-3-2-4-6-13/h7-9,11,13,17H,2-6,10H2,1H3,(H,28,32)(H2,29,30,31). The Labute approximate surface area is 181 Å². The second kappa shape index (κ2) is 9.41. The number of nitrogens with one attached hydrogen (secondary N) is 3. The average Bonchev–Trinajstić information content (AvgIpc) is 2.71. The van der Waals surface area contributed by atoms with Crippen molar-refractivity contribution in [2.75, 3.05) is 11.9 Å². The monoisotopic (exact) mass is 462 g/mol. The zero-order chi connectivity index (χ0) is 23.5. The number of hydrogen-bond donors (Lipinski definition) is 3. The van der Waals surface area contributed by atoms with Crippen LogP contribution in [0.4, 0.5) is 32.0 Å². The minimum Gasteiger partial charge on any atom is -0.352 e. The molecule has 11 heteroatoms. The number of amides is 1. The van der Waals surface area contributed by atoms with E-state index in [1.54, 1.807) is 0 Å². The number of rotatable bonds is 4. The summed E-state index contributed by atoms with van der Waals surface area (Å²) >= 11 is 0. The van der Waals surface area contributed by atoms with Crippen molar-refractivity contribution in [2.24, 2.45) is 10.9 Å². The molecule has 1 aromatic carbocycles. The number of nitrogens with zero attached hydrogens (tertiary/aromatic N) is 1. The van der Waals surface area contributed by atoms with Crippen molar-refractivity contribution in [2.45, 2.75) is 57.4 Å². The summed E-state index contributed by atoms with van der Waals surface area (Å²) in [6.45, 7) is 1.72. The Hall–Kier alpha value is -2.72. The Kier molecular flexibility index (Phi) is 7.04. The number of alkyl halides is 6. The smallest absolute Gasteiger partial charge is 0.352 e. The predicted octanol–water partition coefficient (Wildman–Crippen LogP) is 4.90. The average molecular weight is 462 g/mol. The summed E-state index contributed by atoms with van der Waals surface area (Å²) in [5, 5.41) is 7.45. The topological polar surface area (TPSA) is 65.5 Å². The van der Waals surface area contributed by atoms with E-state index >= 15 is 0 Å². The molecule has 1 heterocycles. The van der Waals surface area contributed by atoms with Crippen LogP contribution in [0.2, 0.25) is 0 Å². The van der Waals surface area contributed by atoms with E-state index in [2.05, 4.69) is 20.9 Å². The van der Waals surface area contributed by atoms with E-state index in [0.29, 0.717) is 6.54 Å². The van der Waals surface area contributed by atoms with Gasteiger partial charge in [0.15, 0.2) is 6.04 Å². The van der Waals surface area contributed by atoms with Crippen molar-refractivity contribution in [3.8, 4) is 0 Å². The van der Waals surface area contributed by atoms with Crippen LogP contribution < -0.4 is 16.0 Å². The zero-order valence-corrected chi connectivity index (χ0v) is 17.3. The van der Waals surface area contributed by atoms with E-state index in [0.717, 1.165) is 50.4 Å². The lowest BCUT2D eigenvalue weighted by atomic mass is 9.89. The van der Waals surface area contributed by atoms with E-state index in [1.165, 1.54) is 13.0 Å². The summed E-state index contributed by atoms with van der Waals surface area (Å²) in [5.41, 5.74) is -1.35. The summed E-state index contributed by atoms with van der Waals surface area (Å²) < 4.78 is 79.9. The van der Waals surface area contributed by atoms with Crippen molar-refractivity contribution in [1.82, 2.24) is 10.6 Å². The fraction of sp³-hybridized carbons (Fsp3) is 0.524. The highest BCUT2D eigenvalue weighted by atomic mass is 19.4. The number of carbonyl (C=O) groups excluding carboxylic acids is 1.